The van der Waals surface area contributed by atoms with Crippen molar-refractivity contribution in [2.75, 3.05) is 157 Å². The number of epoxide rings is 1. The van der Waals surface area contributed by atoms with E-state index in [4.69, 9.17) is 74.2 Å². The highest BCUT2D eigenvalue weighted by Crippen LogP contribution is 2.43. The third kappa shape index (κ3) is 33.3. The van der Waals surface area contributed by atoms with Gasteiger partial charge in [-0.3, -0.25) is 33.6 Å². The third-order valence-corrected chi connectivity index (χ3v) is 21.4. The summed E-state index contributed by atoms with van der Waals surface area (Å²) in [7, 11) is 7.29. The first kappa shape index (κ1) is 94.8. The van der Waals surface area contributed by atoms with Gasteiger partial charge in [0.05, 0.1) is 110 Å². The summed E-state index contributed by atoms with van der Waals surface area (Å²) >= 11 is 10.2. The van der Waals surface area contributed by atoms with Crippen LogP contribution in [-0.2, 0) is 110 Å². The Labute approximate surface area is 667 Å². The van der Waals surface area contributed by atoms with Gasteiger partial charge in [-0.1, -0.05) is 80.4 Å². The van der Waals surface area contributed by atoms with Gasteiger partial charge in [0.15, 0.2) is 5.78 Å². The average Bonchev–Trinajstić information content (AvgIpc) is 1.64. The number of likely N-dealkylation sites (N-methyl/N-ethyl adjacent to an activating group) is 1. The minimum Gasteiger partial charge on any atom is -0.495 e. The van der Waals surface area contributed by atoms with E-state index in [0.717, 1.165) is 22.6 Å². The van der Waals surface area contributed by atoms with Crippen LogP contribution in [0, 0.1) is 23.7 Å². The van der Waals surface area contributed by atoms with Gasteiger partial charge in [0, 0.05) is 116 Å². The molecule has 4 bridgehead atoms. The van der Waals surface area contributed by atoms with Crippen LogP contribution in [0.15, 0.2) is 60.2 Å². The highest BCUT2D eigenvalue weighted by Gasteiger charge is 2.56. The van der Waals surface area contributed by atoms with Crippen LogP contribution in [0.4, 0.5) is 15.3 Å². The standard InChI is InChI=1S/C79H119ClN6O23S2/c1-51(2)60(44-59(87)25-29-101-31-33-103-35-37-105-39-38-104-36-34-102-32-30-100-28-15-18-63(88)58(49-110-11)50-111-12)75(93)83-61(17-14-26-82-77(81)95)64(89)42-55-20-22-56(23-21-55)48-106-78(96)84(6)27-24-69(90)85(7)54(5)76(94)108-66-45-70(91)86(8)62-41-57(43-65(98-9)72(62)80)40-52(3)16-13-19-68(99-10)79(97)46-67(107-71(92)47-79)53(4)73-74(66)109-73/h13,16,19-23,41,43,51,53-54,58,60-61,66-68,73-74,97H,14-15,17-18,24-40,42,44-50H2,1-12H3,(H,83,93)(H3,81,82,95)/b19-13+,52-16+/t53?,54-,60-,61-,66+,67-,68+,73-,74-,79+/m0/s1. The predicted molar refractivity (Wildman–Crippen MR) is 421 cm³/mol. The number of hydrogen-bond donors (Lipinski definition) is 4. The van der Waals surface area contributed by atoms with Crippen molar-refractivity contribution in [1.29, 1.82) is 0 Å². The molecule has 0 saturated carbocycles. The number of amides is 6. The molecule has 111 heavy (non-hydrogen) atoms. The van der Waals surface area contributed by atoms with Crippen molar-refractivity contribution in [1.82, 2.24) is 20.4 Å². The molecule has 10 atom stereocenters. The molecule has 2 aromatic rings. The van der Waals surface area contributed by atoms with E-state index in [1.807, 2.05) is 39.4 Å². The number of aliphatic hydroxyl groups is 1. The molecule has 2 saturated heterocycles. The van der Waals surface area contributed by atoms with E-state index in [0.29, 0.717) is 113 Å². The number of methoxy groups -OCH3 is 2. The highest BCUT2D eigenvalue weighted by molar-refractivity contribution is 7.99. The molecule has 3 aliphatic rings. The van der Waals surface area contributed by atoms with Crippen LogP contribution in [0.1, 0.15) is 116 Å². The number of primary amides is 1. The maximum atomic E-state index is 14.4. The monoisotopic (exact) mass is 1620 g/mol. The molecule has 5 N–H and O–H groups in total. The number of ketones is 3. The van der Waals surface area contributed by atoms with Crippen LogP contribution in [0.25, 0.3) is 0 Å². The molecule has 0 radical (unpaired) electrons. The van der Waals surface area contributed by atoms with Crippen LogP contribution in [0.2, 0.25) is 5.02 Å². The first-order valence-corrected chi connectivity index (χ1v) is 41.0. The largest absolute Gasteiger partial charge is 0.495 e. The minimum absolute atomic E-state index is 0.00648. The summed E-state index contributed by atoms with van der Waals surface area (Å²) < 4.78 is 68.4. The molecule has 3 heterocycles. The average molecular weight is 1620 g/mol. The molecule has 1 unspecified atom stereocenters. The van der Waals surface area contributed by atoms with Gasteiger partial charge in [0.25, 0.3) is 0 Å². The molecule has 622 valence electrons. The maximum Gasteiger partial charge on any atom is 0.409 e. The molecule has 0 spiro atoms. The lowest BCUT2D eigenvalue weighted by molar-refractivity contribution is -0.187. The van der Waals surface area contributed by atoms with E-state index < -0.39 is 108 Å². The fourth-order valence-corrected chi connectivity index (χ4v) is 14.5. The van der Waals surface area contributed by atoms with E-state index in [2.05, 4.69) is 10.6 Å². The van der Waals surface area contributed by atoms with Crippen molar-refractivity contribution in [3.05, 3.63) is 81.9 Å². The molecular formula is C79H119ClN6O23S2. The van der Waals surface area contributed by atoms with Crippen molar-refractivity contribution in [2.45, 2.75) is 166 Å². The summed E-state index contributed by atoms with van der Waals surface area (Å²) in [4.78, 5) is 137. The minimum atomic E-state index is -1.65. The number of allylic oxidation sites excluding steroid dienone is 3. The third-order valence-electron chi connectivity index (χ3n) is 19.5. The van der Waals surface area contributed by atoms with E-state index in [1.165, 1.54) is 57.0 Å². The van der Waals surface area contributed by atoms with Crippen molar-refractivity contribution in [3.8, 4) is 5.75 Å². The second-order valence-electron chi connectivity index (χ2n) is 28.5. The Morgan fingerprint density at radius 3 is 1.99 bits per heavy atom. The maximum absolute atomic E-state index is 14.4. The predicted octanol–water partition coefficient (Wildman–Crippen LogP) is 7.49. The number of ether oxygens (including phenoxy) is 12. The highest BCUT2D eigenvalue weighted by atomic mass is 35.5. The lowest BCUT2D eigenvalue weighted by Gasteiger charge is -2.41. The van der Waals surface area contributed by atoms with Gasteiger partial charge in [-0.05, 0) is 86.8 Å². The number of nitrogens with two attached hydrogens (primary N) is 1. The van der Waals surface area contributed by atoms with Crippen LogP contribution in [0.5, 0.6) is 5.75 Å². The van der Waals surface area contributed by atoms with Crippen LogP contribution in [-0.4, -0.2) is 274 Å². The summed E-state index contributed by atoms with van der Waals surface area (Å²) in [6.07, 6.45) is 5.13. The molecule has 2 fully saturated rings. The van der Waals surface area contributed by atoms with Gasteiger partial charge in [-0.15, -0.1) is 0 Å². The van der Waals surface area contributed by atoms with Crippen molar-refractivity contribution < 1.29 is 110 Å². The number of carbonyl (C=O) groups is 10. The van der Waals surface area contributed by atoms with Crippen molar-refractivity contribution in [3.63, 3.8) is 0 Å². The molecule has 32 heteroatoms. The van der Waals surface area contributed by atoms with Crippen molar-refractivity contribution in [2.24, 2.45) is 29.4 Å². The zero-order valence-corrected chi connectivity index (χ0v) is 69.0. The van der Waals surface area contributed by atoms with E-state index in [9.17, 15) is 53.1 Å². The van der Waals surface area contributed by atoms with Gasteiger partial charge in [0.1, 0.15) is 65.0 Å². The number of nitrogens with zero attached hydrogens (tertiary/aromatic N) is 3. The molecule has 29 nitrogen and oxygen atoms in total. The number of hydrogen-bond acceptors (Lipinski definition) is 25. The lowest BCUT2D eigenvalue weighted by atomic mass is 9.80. The molecule has 5 rings (SSSR count). The summed E-state index contributed by atoms with van der Waals surface area (Å²) in [5.41, 5.74) is 6.80. The summed E-state index contributed by atoms with van der Waals surface area (Å²) in [6, 6.07) is 7.37. The SMILES string of the molecule is COc1cc2cc(c1Cl)N(C)C(=O)C[C@@H](OC(=O)[C@H](C)N(C)C(=O)CCN(C)C(=O)OCc1ccc(CC(=O)[C@H](CCCNC(N)=O)NC(=O)[C@@H](CC(=O)CCOCCOCCOCCOCCOCCOCCCC(=O)C(CSC)CSC)C(C)C)cc1)[C@@H]1O[C@H]1C(C)[C@@H]1C[C@@](O)(CC(=O)O1)[C@H](OC)/C=C/C=C(\C)C2. The Morgan fingerprint density at radius 1 is 0.802 bits per heavy atom. The van der Waals surface area contributed by atoms with Gasteiger partial charge >= 0.3 is 24.1 Å². The summed E-state index contributed by atoms with van der Waals surface area (Å²) in [5, 5.41) is 17.5. The van der Waals surface area contributed by atoms with Crippen LogP contribution >= 0.6 is 35.1 Å². The Kier molecular flexibility index (Phi) is 43.1. The number of carbonyl (C=O) groups excluding carboxylic acids is 10. The molecule has 6 amide bonds. The number of thioether (sulfide) groups is 2. The lowest BCUT2D eigenvalue weighted by Crippen LogP contribution is -2.53. The van der Waals surface area contributed by atoms with E-state index >= 15 is 0 Å². The smallest absolute Gasteiger partial charge is 0.409 e. The Morgan fingerprint density at radius 2 is 1.41 bits per heavy atom. The number of halogens is 1. The quantitative estimate of drug-likeness (QED) is 0.0216. The summed E-state index contributed by atoms with van der Waals surface area (Å²) in [6.45, 7) is 13.1. The van der Waals surface area contributed by atoms with Crippen LogP contribution in [0.3, 0.4) is 0 Å². The van der Waals surface area contributed by atoms with E-state index in [1.54, 1.807) is 79.0 Å². The number of benzene rings is 2. The molecule has 0 aliphatic carbocycles. The zero-order chi connectivity index (χ0) is 81.6. The number of esters is 2. The number of anilines is 1. The molecule has 2 aromatic carbocycles. The van der Waals surface area contributed by atoms with Gasteiger partial charge < -0.3 is 93.0 Å². The first-order valence-electron chi connectivity index (χ1n) is 37.9. The van der Waals surface area contributed by atoms with Gasteiger partial charge in [-0.2, -0.15) is 23.5 Å². The number of rotatable bonds is 49. The van der Waals surface area contributed by atoms with E-state index in [-0.39, 0.29) is 113 Å². The molecule has 0 aromatic heterocycles. The Hall–Kier alpha value is -6.75. The first-order chi connectivity index (χ1) is 53.0. The van der Waals surface area contributed by atoms with Crippen LogP contribution < -0.4 is 26.0 Å². The number of urea groups is 1. The Bertz CT molecular complexity index is 3360. The second kappa shape index (κ2) is 50.5. The topological polar surface area (TPSA) is 365 Å². The Balaban J connectivity index is 1.03. The zero-order valence-electron chi connectivity index (χ0n) is 66.6. The number of fused-ring (bicyclic) bond motifs is 5. The summed E-state index contributed by atoms with van der Waals surface area (Å²) in [5.74, 6) is -2.62. The van der Waals surface area contributed by atoms with Crippen molar-refractivity contribution >= 4 is 99.9 Å². The fourth-order valence-electron chi connectivity index (χ4n) is 12.6. The number of nitrogens with one attached hydrogen (secondary N) is 2. The molecular weight excluding hydrogens is 1500 g/mol. The molecule has 3 aliphatic heterocycles. The fraction of sp³-hybridized carbons (Fsp3) is 0.671. The normalized spacial score (nSPS) is 20.9. The van der Waals surface area contributed by atoms with Gasteiger partial charge in [0.2, 0.25) is 17.7 Å². The second-order valence-corrected chi connectivity index (χ2v) is 30.7. The van der Waals surface area contributed by atoms with Gasteiger partial charge in [-0.25, -0.2) is 14.4 Å². The number of Topliss-reactive ketones (excluding diaryl/α,β-unsaturated/α-hetero) is 3.